The van der Waals surface area contributed by atoms with Gasteiger partial charge in [-0.25, -0.2) is 4.79 Å². The molecule has 0 unspecified atom stereocenters. The lowest BCUT2D eigenvalue weighted by atomic mass is 9.81. The third-order valence-electron chi connectivity index (χ3n) is 6.18. The molecule has 1 saturated carbocycles. The van der Waals surface area contributed by atoms with E-state index < -0.39 is 12.1 Å². The van der Waals surface area contributed by atoms with E-state index in [4.69, 9.17) is 19.4 Å². The molecule has 2 N–H and O–H groups in total. The van der Waals surface area contributed by atoms with Gasteiger partial charge in [-0.15, -0.1) is 0 Å². The Morgan fingerprint density at radius 3 is 2.69 bits per heavy atom. The molecule has 178 valence electrons. The van der Waals surface area contributed by atoms with Crippen molar-refractivity contribution in [3.8, 4) is 5.75 Å². The number of methoxy groups -OCH3 is 1. The first-order valence-electron chi connectivity index (χ1n) is 10.6. The first-order valence-corrected chi connectivity index (χ1v) is 10.6. The molecule has 1 amide bonds. The number of carboxylic acids is 1. The Morgan fingerprint density at radius 1 is 1.34 bits per heavy atom. The van der Waals surface area contributed by atoms with Gasteiger partial charge in [0, 0.05) is 43.9 Å². The summed E-state index contributed by atoms with van der Waals surface area (Å²) in [6.07, 6.45) is -1.94. The van der Waals surface area contributed by atoms with E-state index in [9.17, 15) is 18.0 Å². The average Bonchev–Trinajstić information content (AvgIpc) is 3.35. The number of carbonyl (C=O) groups excluding carboxylic acids is 1. The van der Waals surface area contributed by atoms with Crippen molar-refractivity contribution in [3.05, 3.63) is 29.8 Å². The quantitative estimate of drug-likeness (QED) is 0.653. The summed E-state index contributed by atoms with van der Waals surface area (Å²) >= 11 is 0. The molecule has 1 aromatic carbocycles. The van der Waals surface area contributed by atoms with Crippen LogP contribution in [0.4, 0.5) is 13.2 Å². The van der Waals surface area contributed by atoms with E-state index in [0.717, 1.165) is 45.1 Å². The van der Waals surface area contributed by atoms with Gasteiger partial charge in [0.25, 0.3) is 0 Å². The molecule has 2 saturated heterocycles. The van der Waals surface area contributed by atoms with Crippen LogP contribution in [0.2, 0.25) is 0 Å². The first-order chi connectivity index (χ1) is 15.1. The lowest BCUT2D eigenvalue weighted by Gasteiger charge is -2.27. The van der Waals surface area contributed by atoms with Crippen molar-refractivity contribution in [2.45, 2.75) is 32.0 Å². The number of aliphatic carboxylic acids is 1. The summed E-state index contributed by atoms with van der Waals surface area (Å²) in [5.41, 5.74) is 1.35. The maximum atomic E-state index is 12.1. The van der Waals surface area contributed by atoms with Crippen molar-refractivity contribution in [1.82, 2.24) is 10.2 Å². The molecule has 32 heavy (non-hydrogen) atoms. The second-order valence-electron chi connectivity index (χ2n) is 8.82. The van der Waals surface area contributed by atoms with Gasteiger partial charge in [0.05, 0.1) is 20.3 Å². The largest absolute Gasteiger partial charge is 0.497 e. The van der Waals surface area contributed by atoms with Crippen LogP contribution in [0.3, 0.4) is 0 Å². The van der Waals surface area contributed by atoms with Gasteiger partial charge in [0.2, 0.25) is 5.91 Å². The van der Waals surface area contributed by atoms with Gasteiger partial charge in [0.1, 0.15) is 5.75 Å². The Kier molecular flexibility index (Phi) is 7.66. The fourth-order valence-electron chi connectivity index (χ4n) is 4.27. The average molecular weight is 458 g/mol. The Morgan fingerprint density at radius 2 is 2.06 bits per heavy atom. The molecule has 2 aliphatic heterocycles. The van der Waals surface area contributed by atoms with E-state index >= 15 is 0 Å². The van der Waals surface area contributed by atoms with E-state index in [0.29, 0.717) is 18.3 Å². The number of likely N-dealkylation sites (tertiary alicyclic amines) is 1. The Balaban J connectivity index is 0.000000360. The summed E-state index contributed by atoms with van der Waals surface area (Å²) in [4.78, 5) is 23.5. The molecule has 2 atom stereocenters. The van der Waals surface area contributed by atoms with Crippen molar-refractivity contribution >= 4 is 11.9 Å². The van der Waals surface area contributed by atoms with Crippen molar-refractivity contribution in [3.63, 3.8) is 0 Å². The third-order valence-corrected chi connectivity index (χ3v) is 6.18. The highest BCUT2D eigenvalue weighted by atomic mass is 19.4. The van der Waals surface area contributed by atoms with Gasteiger partial charge in [-0.3, -0.25) is 9.69 Å². The minimum absolute atomic E-state index is 0.0814. The fraction of sp³-hybridized carbons (Fsp3) is 0.636. The fourth-order valence-corrected chi connectivity index (χ4v) is 4.27. The smallest absolute Gasteiger partial charge is 0.490 e. The van der Waals surface area contributed by atoms with Gasteiger partial charge >= 0.3 is 12.1 Å². The first kappa shape index (κ1) is 24.3. The molecular formula is C22H29F3N2O5. The predicted molar refractivity (Wildman–Crippen MR) is 109 cm³/mol. The van der Waals surface area contributed by atoms with Gasteiger partial charge < -0.3 is 19.9 Å². The van der Waals surface area contributed by atoms with Crippen LogP contribution in [0.1, 0.15) is 24.8 Å². The summed E-state index contributed by atoms with van der Waals surface area (Å²) in [5, 5.41) is 10.3. The third kappa shape index (κ3) is 6.59. The molecule has 0 spiro atoms. The van der Waals surface area contributed by atoms with Crippen LogP contribution in [0.15, 0.2) is 24.3 Å². The van der Waals surface area contributed by atoms with Crippen molar-refractivity contribution in [1.29, 1.82) is 0 Å². The zero-order chi connectivity index (χ0) is 23.4. The Hall–Kier alpha value is -2.33. The van der Waals surface area contributed by atoms with Crippen molar-refractivity contribution in [2.75, 3.05) is 40.0 Å². The van der Waals surface area contributed by atoms with Crippen LogP contribution >= 0.6 is 0 Å². The molecular weight excluding hydrogens is 429 g/mol. The molecule has 3 aliphatic rings. The lowest BCUT2D eigenvalue weighted by molar-refractivity contribution is -0.192. The van der Waals surface area contributed by atoms with Crippen LogP contribution in [-0.4, -0.2) is 68.0 Å². The summed E-state index contributed by atoms with van der Waals surface area (Å²) in [6.45, 7) is 5.26. The van der Waals surface area contributed by atoms with E-state index in [2.05, 4.69) is 22.3 Å². The minimum atomic E-state index is -5.08. The zero-order valence-corrected chi connectivity index (χ0v) is 18.0. The van der Waals surface area contributed by atoms with Gasteiger partial charge in [-0.05, 0) is 36.5 Å². The number of alkyl halides is 3. The van der Waals surface area contributed by atoms with E-state index in [1.165, 1.54) is 18.4 Å². The summed E-state index contributed by atoms with van der Waals surface area (Å²) < 4.78 is 42.8. The van der Waals surface area contributed by atoms with Crippen LogP contribution in [0.5, 0.6) is 5.75 Å². The topological polar surface area (TPSA) is 88.1 Å². The summed E-state index contributed by atoms with van der Waals surface area (Å²) in [5.74, 6) is -0.482. The van der Waals surface area contributed by atoms with Gasteiger partial charge in [0.15, 0.2) is 0 Å². The van der Waals surface area contributed by atoms with Crippen LogP contribution < -0.4 is 10.1 Å². The van der Waals surface area contributed by atoms with Crippen LogP contribution in [0.25, 0.3) is 0 Å². The number of carboxylic acid groups (broad SMARTS) is 1. The van der Waals surface area contributed by atoms with Crippen LogP contribution in [-0.2, 0) is 20.9 Å². The predicted octanol–water partition coefficient (Wildman–Crippen LogP) is 2.69. The van der Waals surface area contributed by atoms with E-state index in [1.807, 2.05) is 12.1 Å². The number of benzene rings is 1. The maximum absolute atomic E-state index is 12.1. The Bertz CT molecular complexity index is 815. The number of hydrogen-bond donors (Lipinski definition) is 2. The number of nitrogens with zero attached hydrogens (tertiary/aromatic N) is 1. The monoisotopic (exact) mass is 458 g/mol. The number of rotatable bonds is 7. The molecule has 0 aromatic heterocycles. The van der Waals surface area contributed by atoms with E-state index in [-0.39, 0.29) is 11.3 Å². The molecule has 1 aliphatic carbocycles. The number of nitrogens with one attached hydrogen (secondary N) is 1. The lowest BCUT2D eigenvalue weighted by Crippen LogP contribution is -2.43. The summed E-state index contributed by atoms with van der Waals surface area (Å²) in [6, 6.07) is 8.28. The molecule has 0 radical (unpaired) electrons. The highest BCUT2D eigenvalue weighted by molar-refractivity contribution is 5.76. The number of carbonyl (C=O) groups is 2. The SMILES string of the molecule is COc1cccc(CN2C[C@@H]3COC[C@]3(CNC(=O)CC3CC3)C2)c1.O=C(O)C(F)(F)F. The Labute approximate surface area is 184 Å². The van der Waals surface area contributed by atoms with Gasteiger partial charge in [-0.1, -0.05) is 12.1 Å². The molecule has 1 aromatic rings. The van der Waals surface area contributed by atoms with Gasteiger partial charge in [-0.2, -0.15) is 13.2 Å². The number of hydrogen-bond acceptors (Lipinski definition) is 5. The highest BCUT2D eigenvalue weighted by Gasteiger charge is 2.50. The second-order valence-corrected chi connectivity index (χ2v) is 8.82. The maximum Gasteiger partial charge on any atom is 0.490 e. The standard InChI is InChI=1S/C20H28N2O3.C2HF3O2/c1-24-18-4-2-3-16(7-18)9-22-10-17-11-25-14-20(17,13-22)12-21-19(23)8-15-5-6-15;3-2(4,5)1(6)7/h2-4,7,15,17H,5-6,8-14H2,1H3,(H,21,23);(H,6,7)/t17-,20+;/m1./s1. The molecule has 0 bridgehead atoms. The molecule has 4 rings (SSSR count). The molecule has 2 heterocycles. The second kappa shape index (κ2) is 10.1. The zero-order valence-electron chi connectivity index (χ0n) is 18.0. The molecule has 7 nitrogen and oxygen atoms in total. The molecule has 10 heteroatoms. The number of amides is 1. The number of halogens is 3. The highest BCUT2D eigenvalue weighted by Crippen LogP contribution is 2.41. The van der Waals surface area contributed by atoms with E-state index in [1.54, 1.807) is 7.11 Å². The minimum Gasteiger partial charge on any atom is -0.497 e. The van der Waals surface area contributed by atoms with Crippen LogP contribution in [0, 0.1) is 17.3 Å². The normalized spacial score (nSPS) is 24.9. The van der Waals surface area contributed by atoms with Crippen molar-refractivity contribution in [2.24, 2.45) is 17.3 Å². The molecule has 3 fully saturated rings. The summed E-state index contributed by atoms with van der Waals surface area (Å²) in [7, 11) is 1.70. The number of ether oxygens (including phenoxy) is 2. The number of fused-ring (bicyclic) bond motifs is 1. The van der Waals surface area contributed by atoms with Crippen molar-refractivity contribution < 1.29 is 37.3 Å².